The molecule has 0 spiro atoms. The quantitative estimate of drug-likeness (QED) is 0.0466. The maximum absolute atomic E-state index is 13.6. The van der Waals surface area contributed by atoms with Gasteiger partial charge in [0.2, 0.25) is 11.9 Å². The highest BCUT2D eigenvalue weighted by atomic mass is 16.3. The van der Waals surface area contributed by atoms with Gasteiger partial charge in [-0.2, -0.15) is 49.9 Å². The van der Waals surface area contributed by atoms with Crippen molar-refractivity contribution >= 4 is 51.9 Å². The van der Waals surface area contributed by atoms with Gasteiger partial charge in [-0.25, -0.2) is 24.7 Å². The van der Waals surface area contributed by atoms with Gasteiger partial charge < -0.3 is 70.6 Å². The fraction of sp³-hybridized carbons (Fsp3) is 0.604. The molecule has 8 aromatic rings. The minimum Gasteiger partial charge on any atom is -0.390 e. The summed E-state index contributed by atoms with van der Waals surface area (Å²) in [5, 5.41) is 80.0. The van der Waals surface area contributed by atoms with Gasteiger partial charge in [0.15, 0.2) is 34.0 Å². The minimum atomic E-state index is -1.17. The van der Waals surface area contributed by atoms with E-state index >= 15 is 0 Å². The number of aliphatic hydroxyl groups excluding tert-OH is 4. The number of hydrogen-bond donors (Lipinski definition) is 10. The Labute approximate surface area is 472 Å². The summed E-state index contributed by atoms with van der Waals surface area (Å²) in [6.45, 7) is 6.56. The lowest BCUT2D eigenvalue weighted by Gasteiger charge is -2.32. The summed E-state index contributed by atoms with van der Waals surface area (Å²) in [5.41, 5.74) is 5.36. The molecule has 6 atom stereocenters. The van der Waals surface area contributed by atoms with Crippen LogP contribution in [0.2, 0.25) is 0 Å². The molecule has 29 heteroatoms. The molecule has 2 amide bonds. The van der Waals surface area contributed by atoms with E-state index in [2.05, 4.69) is 91.4 Å². The number of aliphatic hydroxyl groups is 4. The Morgan fingerprint density at radius 3 is 1.56 bits per heavy atom. The van der Waals surface area contributed by atoms with E-state index in [-0.39, 0.29) is 55.5 Å². The molecule has 82 heavy (non-hydrogen) atoms. The summed E-state index contributed by atoms with van der Waals surface area (Å²) in [6.07, 6.45) is 22.6. The lowest BCUT2D eigenvalue weighted by Crippen LogP contribution is -2.49. The number of aryl methyl sites for hydroxylation is 2. The minimum absolute atomic E-state index is 0.00274. The Morgan fingerprint density at radius 2 is 1.04 bits per heavy atom. The molecule has 8 heterocycles. The Kier molecular flexibility index (Phi) is 16.2. The van der Waals surface area contributed by atoms with Gasteiger partial charge in [0.05, 0.1) is 74.4 Å². The zero-order valence-electron chi connectivity index (χ0n) is 46.3. The standard InChI is InChI=1S/C53H74N24O5/c1-3-72-23-35(56-27-72)15-17-54-51-66-47(43-49(68-51)74(29-58-43)39-13-14-40(19-39)76-60-21-37(25-78)70-76)62-31-5-9-33(10-6-31)64-53(82)65-34-11-7-32(8-12-34)63-48-44-50(69-52(67-48)55-18-16-36-24-73(4-2)28-57-36)75(30-59-44)41-20-42(46(81)45(41)80)77-61-22-38(26-79)71-77/h21-24,27-34,39-42,45-46,78-81H,3-20,25-26H2,1-2H3,(H2,64,65,82)(H2,54,62,66,68)(H2,55,63,67,69)/t31-,32-,33-,34-,39-,40+,41+,42-,45-,46+/m0/s1. The van der Waals surface area contributed by atoms with Gasteiger partial charge in [-0.1, -0.05) is 0 Å². The number of rotatable bonds is 22. The number of nitrogens with zero attached hydrogens (tertiary/aromatic N) is 18. The second kappa shape index (κ2) is 24.3. The topological polar surface area (TPSA) is 354 Å². The van der Waals surface area contributed by atoms with E-state index in [1.54, 1.807) is 21.9 Å². The van der Waals surface area contributed by atoms with Gasteiger partial charge in [-0.15, -0.1) is 0 Å². The molecular formula is C53H74N24O5. The maximum Gasteiger partial charge on any atom is 0.315 e. The van der Waals surface area contributed by atoms with Gasteiger partial charge in [0.1, 0.15) is 29.6 Å². The highest BCUT2D eigenvalue weighted by Crippen LogP contribution is 2.41. The summed E-state index contributed by atoms with van der Waals surface area (Å²) >= 11 is 0. The lowest BCUT2D eigenvalue weighted by atomic mass is 9.90. The van der Waals surface area contributed by atoms with Crippen LogP contribution >= 0.6 is 0 Å². The van der Waals surface area contributed by atoms with Crippen LogP contribution in [0.4, 0.5) is 28.3 Å². The Morgan fingerprint density at radius 1 is 0.549 bits per heavy atom. The number of carbonyl (C=O) groups excluding carboxylic acids is 1. The largest absolute Gasteiger partial charge is 0.390 e. The number of anilines is 4. The highest BCUT2D eigenvalue weighted by Gasteiger charge is 2.45. The number of fused-ring (bicyclic) bond motifs is 2. The average molecular weight is 1130 g/mol. The number of hydrogen-bond acceptors (Lipinski definition) is 21. The molecule has 29 nitrogen and oxygen atoms in total. The van der Waals surface area contributed by atoms with Crippen LogP contribution in [0.3, 0.4) is 0 Å². The molecule has 0 unspecified atom stereocenters. The van der Waals surface area contributed by atoms with E-state index in [1.165, 1.54) is 11.0 Å². The Balaban J connectivity index is 0.656. The number of urea groups is 1. The third-order valence-corrected chi connectivity index (χ3v) is 16.9. The third-order valence-electron chi connectivity index (χ3n) is 16.9. The van der Waals surface area contributed by atoms with Crippen molar-refractivity contribution < 1.29 is 25.2 Å². The van der Waals surface area contributed by atoms with E-state index in [4.69, 9.17) is 29.9 Å². The normalized spacial score (nSPS) is 24.8. The molecule has 0 aromatic carbocycles. The Hall–Kier alpha value is -7.89. The van der Waals surface area contributed by atoms with E-state index in [0.717, 1.165) is 107 Å². The monoisotopic (exact) mass is 1130 g/mol. The second-order valence-electron chi connectivity index (χ2n) is 22.3. The van der Waals surface area contributed by atoms with Crippen LogP contribution in [-0.2, 0) is 39.1 Å². The smallest absolute Gasteiger partial charge is 0.315 e. The first kappa shape index (κ1) is 54.7. The molecule has 4 aliphatic rings. The van der Waals surface area contributed by atoms with Crippen LogP contribution in [-0.4, -0.2) is 164 Å². The van der Waals surface area contributed by atoms with Crippen molar-refractivity contribution in [2.24, 2.45) is 0 Å². The number of nitrogens with one attached hydrogen (secondary N) is 6. The lowest BCUT2D eigenvalue weighted by molar-refractivity contribution is 0.00491. The molecule has 0 aliphatic heterocycles. The van der Waals surface area contributed by atoms with Crippen LogP contribution in [0.1, 0.15) is 138 Å². The maximum atomic E-state index is 13.6. The SMILES string of the molecule is CCn1cnc(CCNc2nc(N[C@H]3CC[C@H](NC(=O)N[C@H]4CC[C@H](Nc5nc(NCCc6cn(CC)cn6)nc6c5ncn6[C@@H]5C[C@H](n6ncc(CO)n6)[C@@H](O)[C@H]5O)CC4)CC3)c3ncn([C@H]4CC[C@@H](n5ncc(CO)n5)C4)c3n2)c1. The number of aromatic nitrogens is 18. The van der Waals surface area contributed by atoms with Crippen molar-refractivity contribution in [3.05, 3.63) is 72.9 Å². The van der Waals surface area contributed by atoms with Crippen molar-refractivity contribution in [3.63, 3.8) is 0 Å². The second-order valence-corrected chi connectivity index (χ2v) is 22.3. The fourth-order valence-electron chi connectivity index (χ4n) is 12.3. The van der Waals surface area contributed by atoms with Crippen LogP contribution < -0.4 is 31.9 Å². The summed E-state index contributed by atoms with van der Waals surface area (Å²) in [5.74, 6) is 2.14. The summed E-state index contributed by atoms with van der Waals surface area (Å²) in [4.78, 5) is 55.2. The van der Waals surface area contributed by atoms with Crippen LogP contribution in [0, 0.1) is 0 Å². The van der Waals surface area contributed by atoms with Crippen molar-refractivity contribution in [3.8, 4) is 0 Å². The molecule has 4 aliphatic carbocycles. The highest BCUT2D eigenvalue weighted by molar-refractivity contribution is 5.85. The van der Waals surface area contributed by atoms with E-state index < -0.39 is 24.3 Å². The zero-order valence-corrected chi connectivity index (χ0v) is 46.3. The van der Waals surface area contributed by atoms with Gasteiger partial charge in [0.25, 0.3) is 0 Å². The number of carbonyl (C=O) groups is 1. The molecule has 436 valence electrons. The predicted molar refractivity (Wildman–Crippen MR) is 300 cm³/mol. The van der Waals surface area contributed by atoms with Crippen molar-refractivity contribution in [2.75, 3.05) is 34.4 Å². The molecule has 0 saturated heterocycles. The van der Waals surface area contributed by atoms with E-state index in [0.29, 0.717) is 77.5 Å². The Bertz CT molecular complexity index is 3420. The van der Waals surface area contributed by atoms with Crippen LogP contribution in [0.25, 0.3) is 22.3 Å². The first-order valence-electron chi connectivity index (χ1n) is 29.1. The van der Waals surface area contributed by atoms with Crippen LogP contribution in [0.15, 0.2) is 50.1 Å². The third kappa shape index (κ3) is 11.9. The van der Waals surface area contributed by atoms with Gasteiger partial charge in [-0.05, 0) is 90.9 Å². The van der Waals surface area contributed by atoms with Crippen LogP contribution in [0.5, 0.6) is 0 Å². The van der Waals surface area contributed by atoms with Crippen molar-refractivity contribution in [1.29, 1.82) is 0 Å². The zero-order chi connectivity index (χ0) is 56.3. The average Bonchev–Trinajstić information content (AvgIpc) is 4.41. The van der Waals surface area contributed by atoms with E-state index in [9.17, 15) is 25.2 Å². The fourth-order valence-corrected chi connectivity index (χ4v) is 12.3. The number of imidazole rings is 4. The van der Waals surface area contributed by atoms with Gasteiger partial charge in [-0.3, -0.25) is 0 Å². The van der Waals surface area contributed by atoms with Crippen molar-refractivity contribution in [2.45, 2.75) is 191 Å². The first-order valence-corrected chi connectivity index (χ1v) is 29.1. The molecule has 0 radical (unpaired) electrons. The first-order chi connectivity index (χ1) is 40.1. The predicted octanol–water partition coefficient (Wildman–Crippen LogP) is 3.20. The van der Waals surface area contributed by atoms with E-state index in [1.807, 2.05) is 29.7 Å². The number of amides is 2. The molecule has 8 aromatic heterocycles. The molecular weight excluding hydrogens is 1050 g/mol. The molecule has 10 N–H and O–H groups in total. The summed E-state index contributed by atoms with van der Waals surface area (Å²) in [6, 6.07) is -0.952. The van der Waals surface area contributed by atoms with Crippen molar-refractivity contribution in [1.82, 2.24) is 98.8 Å². The van der Waals surface area contributed by atoms with Gasteiger partial charge >= 0.3 is 6.03 Å². The molecule has 12 rings (SSSR count). The molecule has 4 saturated carbocycles. The molecule has 0 bridgehead atoms. The summed E-state index contributed by atoms with van der Waals surface area (Å²) in [7, 11) is 0. The summed E-state index contributed by atoms with van der Waals surface area (Å²) < 4.78 is 8.04. The molecule has 4 fully saturated rings. The van der Waals surface area contributed by atoms with Gasteiger partial charge in [0, 0.05) is 81.6 Å².